The van der Waals surface area contributed by atoms with E-state index in [-0.39, 0.29) is 5.54 Å². The fourth-order valence-corrected chi connectivity index (χ4v) is 1.82. The number of fused-ring (bicyclic) bond motifs is 1. The van der Waals surface area contributed by atoms with Crippen molar-refractivity contribution in [1.82, 2.24) is 9.97 Å². The van der Waals surface area contributed by atoms with Crippen LogP contribution in [0.15, 0.2) is 18.2 Å². The SMILES string of the molecule is Cc1nc2ccc(CC(C)(C)N)cc2[nH]1. The molecular formula is C12H17N3. The average molecular weight is 203 g/mol. The van der Waals surface area contributed by atoms with Gasteiger partial charge in [0.1, 0.15) is 5.82 Å². The number of benzene rings is 1. The Hall–Kier alpha value is -1.35. The summed E-state index contributed by atoms with van der Waals surface area (Å²) in [4.78, 5) is 7.60. The Balaban J connectivity index is 2.38. The van der Waals surface area contributed by atoms with Gasteiger partial charge in [0, 0.05) is 5.54 Å². The maximum atomic E-state index is 5.99. The van der Waals surface area contributed by atoms with Crippen molar-refractivity contribution in [1.29, 1.82) is 0 Å². The van der Waals surface area contributed by atoms with E-state index in [1.165, 1.54) is 5.56 Å². The van der Waals surface area contributed by atoms with Crippen LogP contribution in [0.5, 0.6) is 0 Å². The first kappa shape index (κ1) is 10.2. The Kier molecular flexibility index (Phi) is 2.27. The van der Waals surface area contributed by atoms with Gasteiger partial charge in [-0.1, -0.05) is 6.07 Å². The predicted octanol–water partition coefficient (Wildman–Crippen LogP) is 2.15. The highest BCUT2D eigenvalue weighted by Gasteiger charge is 2.12. The first-order valence-electron chi connectivity index (χ1n) is 5.18. The number of nitrogens with one attached hydrogen (secondary N) is 1. The average Bonchev–Trinajstić information content (AvgIpc) is 2.40. The molecule has 0 bridgehead atoms. The fourth-order valence-electron chi connectivity index (χ4n) is 1.82. The third-order valence-corrected chi connectivity index (χ3v) is 2.32. The monoisotopic (exact) mass is 203 g/mol. The van der Waals surface area contributed by atoms with Gasteiger partial charge in [-0.05, 0) is 44.9 Å². The van der Waals surface area contributed by atoms with Gasteiger partial charge in [0.15, 0.2) is 0 Å². The normalized spacial score (nSPS) is 12.3. The molecule has 0 spiro atoms. The van der Waals surface area contributed by atoms with E-state index < -0.39 is 0 Å². The first-order chi connectivity index (χ1) is 6.94. The molecule has 0 saturated heterocycles. The molecule has 2 rings (SSSR count). The van der Waals surface area contributed by atoms with Crippen LogP contribution in [-0.4, -0.2) is 15.5 Å². The van der Waals surface area contributed by atoms with E-state index in [9.17, 15) is 0 Å². The topological polar surface area (TPSA) is 54.7 Å². The summed E-state index contributed by atoms with van der Waals surface area (Å²) in [5.41, 5.74) is 9.19. The van der Waals surface area contributed by atoms with Crippen LogP contribution < -0.4 is 5.73 Å². The maximum Gasteiger partial charge on any atom is 0.104 e. The molecule has 0 unspecified atom stereocenters. The third-order valence-electron chi connectivity index (χ3n) is 2.32. The molecule has 0 aliphatic rings. The van der Waals surface area contributed by atoms with Gasteiger partial charge in [-0.25, -0.2) is 4.98 Å². The minimum Gasteiger partial charge on any atom is -0.342 e. The molecule has 0 amide bonds. The molecule has 1 heterocycles. The van der Waals surface area contributed by atoms with Gasteiger partial charge in [-0.15, -0.1) is 0 Å². The Bertz CT molecular complexity index is 477. The summed E-state index contributed by atoms with van der Waals surface area (Å²) in [6.45, 7) is 6.04. The van der Waals surface area contributed by atoms with Crippen molar-refractivity contribution in [3.8, 4) is 0 Å². The standard InChI is InChI=1S/C12H17N3/c1-8-14-10-5-4-9(6-11(10)15-8)7-12(2,3)13/h4-6H,7,13H2,1-3H3,(H,14,15). The zero-order chi connectivity index (χ0) is 11.1. The van der Waals surface area contributed by atoms with Gasteiger partial charge in [-0.3, -0.25) is 0 Å². The van der Waals surface area contributed by atoms with E-state index in [2.05, 4.69) is 22.1 Å². The van der Waals surface area contributed by atoms with Gasteiger partial charge >= 0.3 is 0 Å². The van der Waals surface area contributed by atoms with Crippen molar-refractivity contribution in [3.63, 3.8) is 0 Å². The molecule has 0 radical (unpaired) electrons. The third kappa shape index (κ3) is 2.36. The molecule has 80 valence electrons. The van der Waals surface area contributed by atoms with Crippen LogP contribution in [0, 0.1) is 6.92 Å². The summed E-state index contributed by atoms with van der Waals surface area (Å²) in [6.07, 6.45) is 0.876. The van der Waals surface area contributed by atoms with Crippen LogP contribution in [0.4, 0.5) is 0 Å². The molecule has 3 nitrogen and oxygen atoms in total. The summed E-state index contributed by atoms with van der Waals surface area (Å²) >= 11 is 0. The van der Waals surface area contributed by atoms with E-state index in [1.54, 1.807) is 0 Å². The number of aryl methyl sites for hydroxylation is 1. The van der Waals surface area contributed by atoms with Crippen LogP contribution >= 0.6 is 0 Å². The molecule has 3 N–H and O–H groups in total. The minimum absolute atomic E-state index is 0.164. The van der Waals surface area contributed by atoms with Gasteiger partial charge in [0.25, 0.3) is 0 Å². The van der Waals surface area contributed by atoms with E-state index in [1.807, 2.05) is 26.8 Å². The summed E-state index contributed by atoms with van der Waals surface area (Å²) in [7, 11) is 0. The van der Waals surface area contributed by atoms with Crippen molar-refractivity contribution >= 4 is 11.0 Å². The molecular weight excluding hydrogens is 186 g/mol. The van der Waals surface area contributed by atoms with Crippen molar-refractivity contribution < 1.29 is 0 Å². The zero-order valence-corrected chi connectivity index (χ0v) is 9.46. The van der Waals surface area contributed by atoms with Crippen LogP contribution in [0.25, 0.3) is 11.0 Å². The number of hydrogen-bond acceptors (Lipinski definition) is 2. The number of aromatic nitrogens is 2. The van der Waals surface area contributed by atoms with Gasteiger partial charge < -0.3 is 10.7 Å². The van der Waals surface area contributed by atoms with Gasteiger partial charge in [0.2, 0.25) is 0 Å². The molecule has 0 saturated carbocycles. The highest BCUT2D eigenvalue weighted by molar-refractivity contribution is 5.75. The van der Waals surface area contributed by atoms with Gasteiger partial charge in [-0.2, -0.15) is 0 Å². The van der Waals surface area contributed by atoms with E-state index in [0.29, 0.717) is 0 Å². The number of hydrogen-bond donors (Lipinski definition) is 2. The molecule has 0 aliphatic heterocycles. The molecule has 15 heavy (non-hydrogen) atoms. The summed E-state index contributed by atoms with van der Waals surface area (Å²) < 4.78 is 0. The van der Waals surface area contributed by atoms with E-state index >= 15 is 0 Å². The smallest absolute Gasteiger partial charge is 0.104 e. The minimum atomic E-state index is -0.164. The van der Waals surface area contributed by atoms with Gasteiger partial charge in [0.05, 0.1) is 11.0 Å². The fraction of sp³-hybridized carbons (Fsp3) is 0.417. The first-order valence-corrected chi connectivity index (χ1v) is 5.18. The van der Waals surface area contributed by atoms with Crippen molar-refractivity contribution in [2.45, 2.75) is 32.7 Å². The Morgan fingerprint density at radius 3 is 2.80 bits per heavy atom. The van der Waals surface area contributed by atoms with Crippen LogP contribution in [-0.2, 0) is 6.42 Å². The van der Waals surface area contributed by atoms with E-state index in [0.717, 1.165) is 23.3 Å². The molecule has 0 atom stereocenters. The van der Waals surface area contributed by atoms with Crippen LogP contribution in [0.2, 0.25) is 0 Å². The molecule has 3 heteroatoms. The number of rotatable bonds is 2. The number of nitrogens with two attached hydrogens (primary N) is 1. The predicted molar refractivity (Wildman–Crippen MR) is 62.8 cm³/mol. The summed E-state index contributed by atoms with van der Waals surface area (Å²) in [6, 6.07) is 6.26. The van der Waals surface area contributed by atoms with E-state index in [4.69, 9.17) is 5.73 Å². The number of H-pyrrole nitrogens is 1. The number of aromatic amines is 1. The second kappa shape index (κ2) is 3.35. The lowest BCUT2D eigenvalue weighted by atomic mass is 9.96. The van der Waals surface area contributed by atoms with Crippen LogP contribution in [0.1, 0.15) is 25.2 Å². The summed E-state index contributed by atoms with van der Waals surface area (Å²) in [5.74, 6) is 0.953. The molecule has 0 aliphatic carbocycles. The highest BCUT2D eigenvalue weighted by Crippen LogP contribution is 2.16. The second-order valence-corrected chi connectivity index (χ2v) is 4.84. The van der Waals surface area contributed by atoms with Crippen molar-refractivity contribution in [3.05, 3.63) is 29.6 Å². The van der Waals surface area contributed by atoms with Crippen molar-refractivity contribution in [2.75, 3.05) is 0 Å². The zero-order valence-electron chi connectivity index (χ0n) is 9.46. The maximum absolute atomic E-state index is 5.99. The lowest BCUT2D eigenvalue weighted by Gasteiger charge is -2.18. The Labute approximate surface area is 89.7 Å². The number of nitrogens with zero attached hydrogens (tertiary/aromatic N) is 1. The quantitative estimate of drug-likeness (QED) is 0.785. The Morgan fingerprint density at radius 1 is 1.40 bits per heavy atom. The number of imidazole rings is 1. The van der Waals surface area contributed by atoms with Crippen molar-refractivity contribution in [2.24, 2.45) is 5.73 Å². The molecule has 1 aromatic carbocycles. The Morgan fingerprint density at radius 2 is 2.13 bits per heavy atom. The second-order valence-electron chi connectivity index (χ2n) is 4.84. The van der Waals surface area contributed by atoms with Crippen LogP contribution in [0.3, 0.4) is 0 Å². The lowest BCUT2D eigenvalue weighted by Crippen LogP contribution is -2.34. The summed E-state index contributed by atoms with van der Waals surface area (Å²) in [5, 5.41) is 0. The molecule has 2 aromatic rings. The molecule has 0 fully saturated rings. The largest absolute Gasteiger partial charge is 0.342 e. The highest BCUT2D eigenvalue weighted by atomic mass is 14.9. The lowest BCUT2D eigenvalue weighted by molar-refractivity contribution is 0.517. The molecule has 1 aromatic heterocycles.